The van der Waals surface area contributed by atoms with Gasteiger partial charge in [0.1, 0.15) is 11.5 Å². The van der Waals surface area contributed by atoms with Gasteiger partial charge in [0.15, 0.2) is 0 Å². The highest BCUT2D eigenvalue weighted by atomic mass is 19.4. The minimum Gasteiger partial charge on any atom is -0.465 e. The Morgan fingerprint density at radius 3 is 2.54 bits per heavy atom. The summed E-state index contributed by atoms with van der Waals surface area (Å²) in [5.74, 6) is -1.02. The van der Waals surface area contributed by atoms with Gasteiger partial charge < -0.3 is 19.9 Å². The van der Waals surface area contributed by atoms with Crippen molar-refractivity contribution in [3.8, 4) is 11.5 Å². The van der Waals surface area contributed by atoms with E-state index in [1.54, 1.807) is 6.92 Å². The summed E-state index contributed by atoms with van der Waals surface area (Å²) in [6, 6.07) is 8.96. The summed E-state index contributed by atoms with van der Waals surface area (Å²) >= 11 is 0. The number of alkyl halides is 3. The Morgan fingerprint density at radius 2 is 1.92 bits per heavy atom. The van der Waals surface area contributed by atoms with Crippen molar-refractivity contribution in [1.29, 1.82) is 0 Å². The van der Waals surface area contributed by atoms with Gasteiger partial charge in [-0.15, -0.1) is 0 Å². The van der Waals surface area contributed by atoms with E-state index in [2.05, 4.69) is 10.1 Å². The summed E-state index contributed by atoms with van der Waals surface area (Å²) in [6.45, 7) is 1.75. The Labute approximate surface area is 148 Å². The normalized spacial score (nSPS) is 12.4. The highest BCUT2D eigenvalue weighted by Gasteiger charge is 2.34. The van der Waals surface area contributed by atoms with E-state index in [1.165, 1.54) is 43.5 Å². The summed E-state index contributed by atoms with van der Waals surface area (Å²) in [7, 11) is 1.19. The van der Waals surface area contributed by atoms with Crippen LogP contribution in [-0.2, 0) is 10.9 Å². The van der Waals surface area contributed by atoms with Gasteiger partial charge in [-0.1, -0.05) is 12.1 Å². The lowest BCUT2D eigenvalue weighted by atomic mass is 10.1. The topological polar surface area (TPSA) is 67.8 Å². The van der Waals surface area contributed by atoms with Crippen molar-refractivity contribution >= 4 is 11.7 Å². The van der Waals surface area contributed by atoms with Crippen molar-refractivity contribution in [3.63, 3.8) is 0 Å². The molecule has 0 radical (unpaired) electrons. The number of ether oxygens (including phenoxy) is 2. The van der Waals surface area contributed by atoms with Crippen molar-refractivity contribution in [3.05, 3.63) is 53.6 Å². The smallest absolute Gasteiger partial charge is 0.419 e. The lowest BCUT2D eigenvalue weighted by Crippen LogP contribution is -2.17. The number of anilines is 1. The highest BCUT2D eigenvalue weighted by molar-refractivity contribution is 5.96. The second kappa shape index (κ2) is 8.09. The monoisotopic (exact) mass is 369 g/mol. The molecule has 0 saturated heterocycles. The van der Waals surface area contributed by atoms with E-state index in [9.17, 15) is 23.1 Å². The number of methoxy groups -OCH3 is 1. The van der Waals surface area contributed by atoms with Crippen molar-refractivity contribution in [2.45, 2.75) is 19.2 Å². The minimum absolute atomic E-state index is 0.0460. The summed E-state index contributed by atoms with van der Waals surface area (Å²) in [5.41, 5.74) is -0.472. The first-order chi connectivity index (χ1) is 12.2. The molecule has 5 nitrogen and oxygen atoms in total. The lowest BCUT2D eigenvalue weighted by molar-refractivity contribution is -0.138. The van der Waals surface area contributed by atoms with Crippen LogP contribution in [-0.4, -0.2) is 30.8 Å². The maximum Gasteiger partial charge on any atom is 0.419 e. The van der Waals surface area contributed by atoms with E-state index in [4.69, 9.17) is 4.74 Å². The van der Waals surface area contributed by atoms with Gasteiger partial charge in [0, 0.05) is 12.2 Å². The minimum atomic E-state index is -4.57. The molecule has 8 heteroatoms. The molecular weight excluding hydrogens is 351 g/mol. The molecule has 2 aromatic rings. The van der Waals surface area contributed by atoms with Crippen LogP contribution in [0.25, 0.3) is 0 Å². The van der Waals surface area contributed by atoms with Crippen molar-refractivity contribution in [1.82, 2.24) is 0 Å². The molecule has 2 rings (SSSR count). The number of nitrogens with one attached hydrogen (secondary N) is 1. The Bertz CT molecular complexity index is 775. The van der Waals surface area contributed by atoms with Gasteiger partial charge in [0.05, 0.1) is 24.3 Å². The van der Waals surface area contributed by atoms with Crippen LogP contribution in [0.15, 0.2) is 42.5 Å². The molecule has 0 heterocycles. The second-order valence-electron chi connectivity index (χ2n) is 5.52. The van der Waals surface area contributed by atoms with E-state index in [0.29, 0.717) is 5.69 Å². The molecule has 1 unspecified atom stereocenters. The van der Waals surface area contributed by atoms with Crippen LogP contribution in [0.4, 0.5) is 18.9 Å². The maximum atomic E-state index is 13.1. The van der Waals surface area contributed by atoms with Crippen LogP contribution in [0.1, 0.15) is 22.8 Å². The molecule has 0 aromatic heterocycles. The quantitative estimate of drug-likeness (QED) is 0.751. The number of halogens is 3. The molecule has 2 aromatic carbocycles. The number of hydrogen-bond donors (Lipinski definition) is 2. The van der Waals surface area contributed by atoms with Crippen molar-refractivity contribution in [2.75, 3.05) is 19.0 Å². The van der Waals surface area contributed by atoms with E-state index >= 15 is 0 Å². The third-order valence-corrected chi connectivity index (χ3v) is 3.40. The van der Waals surface area contributed by atoms with Crippen molar-refractivity contribution < 1.29 is 32.5 Å². The number of benzene rings is 2. The molecule has 0 fully saturated rings. The standard InChI is InChI=1S/C18H18F3NO4/c1-11(23)10-22-15-8-7-12(9-13(15)17(24)25-2)26-16-6-4-3-5-14(16)18(19,20)21/h3-9,11,22-23H,10H2,1-2H3. The number of rotatable bonds is 6. The fourth-order valence-electron chi connectivity index (χ4n) is 2.19. The lowest BCUT2D eigenvalue weighted by Gasteiger charge is -2.16. The van der Waals surface area contributed by atoms with Gasteiger partial charge in [-0.05, 0) is 37.3 Å². The number of aliphatic hydroxyl groups is 1. The Balaban J connectivity index is 2.36. The molecule has 2 N–H and O–H groups in total. The molecule has 0 aliphatic carbocycles. The molecule has 1 atom stereocenters. The number of hydrogen-bond acceptors (Lipinski definition) is 5. The highest BCUT2D eigenvalue weighted by Crippen LogP contribution is 2.38. The summed E-state index contributed by atoms with van der Waals surface area (Å²) in [6.07, 6.45) is -5.23. The molecule has 0 aliphatic rings. The summed E-state index contributed by atoms with van der Waals surface area (Å²) < 4.78 is 49.2. The average Bonchev–Trinajstić information content (AvgIpc) is 2.59. The zero-order valence-electron chi connectivity index (χ0n) is 14.1. The molecule has 0 amide bonds. The molecular formula is C18H18F3NO4. The van der Waals surface area contributed by atoms with Crippen LogP contribution in [0.2, 0.25) is 0 Å². The predicted octanol–water partition coefficient (Wildman–Crippen LogP) is 4.08. The molecule has 0 spiro atoms. The predicted molar refractivity (Wildman–Crippen MR) is 89.5 cm³/mol. The van der Waals surface area contributed by atoms with Crippen LogP contribution < -0.4 is 10.1 Å². The van der Waals surface area contributed by atoms with Gasteiger partial charge in [-0.3, -0.25) is 0 Å². The van der Waals surface area contributed by atoms with Crippen LogP contribution in [0.5, 0.6) is 11.5 Å². The van der Waals surface area contributed by atoms with Gasteiger partial charge >= 0.3 is 12.1 Å². The SMILES string of the molecule is COC(=O)c1cc(Oc2ccccc2C(F)(F)F)ccc1NCC(C)O. The summed E-state index contributed by atoms with van der Waals surface area (Å²) in [4.78, 5) is 11.9. The number of aliphatic hydroxyl groups excluding tert-OH is 1. The average molecular weight is 369 g/mol. The maximum absolute atomic E-state index is 13.1. The van der Waals surface area contributed by atoms with Crippen molar-refractivity contribution in [2.24, 2.45) is 0 Å². The molecule has 26 heavy (non-hydrogen) atoms. The number of carbonyl (C=O) groups excluding carboxylic acids is 1. The molecule has 0 aliphatic heterocycles. The summed E-state index contributed by atoms with van der Waals surface area (Å²) in [5, 5.41) is 12.2. The Morgan fingerprint density at radius 1 is 1.23 bits per heavy atom. The van der Waals surface area contributed by atoms with E-state index in [1.807, 2.05) is 0 Å². The van der Waals surface area contributed by atoms with Crippen LogP contribution >= 0.6 is 0 Å². The van der Waals surface area contributed by atoms with Gasteiger partial charge in [0.2, 0.25) is 0 Å². The molecule has 0 saturated carbocycles. The van der Waals surface area contributed by atoms with E-state index in [0.717, 1.165) is 6.07 Å². The first kappa shape index (κ1) is 19.6. The first-order valence-electron chi connectivity index (χ1n) is 7.70. The molecule has 0 bridgehead atoms. The van der Waals surface area contributed by atoms with Crippen LogP contribution in [0.3, 0.4) is 0 Å². The third-order valence-electron chi connectivity index (χ3n) is 3.40. The van der Waals surface area contributed by atoms with E-state index < -0.39 is 23.8 Å². The zero-order chi connectivity index (χ0) is 19.3. The first-order valence-corrected chi connectivity index (χ1v) is 7.70. The van der Waals surface area contributed by atoms with Gasteiger partial charge in [0.25, 0.3) is 0 Å². The van der Waals surface area contributed by atoms with Gasteiger partial charge in [-0.25, -0.2) is 4.79 Å². The van der Waals surface area contributed by atoms with Crippen LogP contribution in [0, 0.1) is 0 Å². The van der Waals surface area contributed by atoms with E-state index in [-0.39, 0.29) is 23.6 Å². The second-order valence-corrected chi connectivity index (χ2v) is 5.52. The largest absolute Gasteiger partial charge is 0.465 e. The zero-order valence-corrected chi connectivity index (χ0v) is 14.1. The number of para-hydroxylation sites is 1. The Hall–Kier alpha value is -2.74. The molecule has 140 valence electrons. The Kier molecular flexibility index (Phi) is 6.10. The fraction of sp³-hybridized carbons (Fsp3) is 0.278. The van der Waals surface area contributed by atoms with Gasteiger partial charge in [-0.2, -0.15) is 13.2 Å². The number of esters is 1. The fourth-order valence-corrected chi connectivity index (χ4v) is 2.19. The number of carbonyl (C=O) groups is 1. The third kappa shape index (κ3) is 4.89.